The van der Waals surface area contributed by atoms with Crippen molar-refractivity contribution in [2.45, 2.75) is 70.1 Å². The van der Waals surface area contributed by atoms with Crippen LogP contribution in [0, 0.1) is 0 Å². The molecule has 8 bridgehead atoms. The molecule has 1 aliphatic rings. The lowest BCUT2D eigenvalue weighted by molar-refractivity contribution is -0.146. The molecular weight excluding hydrogens is 598 g/mol. The number of rotatable bonds is 2. The van der Waals surface area contributed by atoms with E-state index in [0.717, 1.165) is 9.13 Å². The molecule has 5 rings (SSSR count). The van der Waals surface area contributed by atoms with Gasteiger partial charge < -0.3 is 9.80 Å². The molecule has 0 saturated heterocycles. The van der Waals surface area contributed by atoms with Crippen molar-refractivity contribution >= 4 is 11.4 Å². The third-order valence-corrected chi connectivity index (χ3v) is 9.16. The van der Waals surface area contributed by atoms with E-state index >= 15 is 0 Å². The highest BCUT2D eigenvalue weighted by molar-refractivity contribution is 5.57. The molecule has 4 aromatic heterocycles. The molecule has 0 atom stereocenters. The third-order valence-electron chi connectivity index (χ3n) is 9.16. The molecule has 0 N–H and O–H groups in total. The number of alkyl halides is 6. The lowest BCUT2D eigenvalue weighted by Crippen LogP contribution is -2.41. The topological polar surface area (TPSA) is 67.9 Å². The zero-order chi connectivity index (χ0) is 33.7. The van der Waals surface area contributed by atoms with Gasteiger partial charge in [-0.3, -0.25) is 9.13 Å². The van der Waals surface area contributed by atoms with Crippen LogP contribution in [0.1, 0.15) is 76.0 Å². The second kappa shape index (κ2) is 9.95. The zero-order valence-corrected chi connectivity index (χ0v) is 26.8. The van der Waals surface area contributed by atoms with Crippen LogP contribution in [0.15, 0.2) is 36.7 Å². The zero-order valence-electron chi connectivity index (χ0n) is 26.8. The van der Waals surface area contributed by atoms with E-state index in [4.69, 9.17) is 9.97 Å². The summed E-state index contributed by atoms with van der Waals surface area (Å²) < 4.78 is 89.4. The maximum atomic E-state index is 14.6. The molecule has 45 heavy (non-hydrogen) atoms. The van der Waals surface area contributed by atoms with Crippen LogP contribution in [0.5, 0.6) is 0 Å². The van der Waals surface area contributed by atoms with Gasteiger partial charge in [0.05, 0.1) is 22.8 Å². The quantitative estimate of drug-likeness (QED) is 0.223. The van der Waals surface area contributed by atoms with Gasteiger partial charge in [0.2, 0.25) is 11.6 Å². The molecular formula is C31H36F6N8. The molecule has 0 amide bonds. The van der Waals surface area contributed by atoms with Gasteiger partial charge in [-0.25, -0.2) is 19.9 Å². The van der Waals surface area contributed by atoms with Crippen LogP contribution in [0.2, 0.25) is 0 Å². The molecule has 0 fully saturated rings. The Morgan fingerprint density at radius 2 is 0.867 bits per heavy atom. The number of nitrogens with zero attached hydrogens (tertiary/aromatic N) is 8. The molecule has 242 valence electrons. The Morgan fingerprint density at radius 1 is 0.533 bits per heavy atom. The summed E-state index contributed by atoms with van der Waals surface area (Å²) in [5.74, 6) is -2.41. The summed E-state index contributed by atoms with van der Waals surface area (Å²) >= 11 is 0. The number of imidazole rings is 2. The number of aromatic nitrogens is 6. The summed E-state index contributed by atoms with van der Waals surface area (Å²) in [6.07, 6.45) is -7.19. The van der Waals surface area contributed by atoms with Gasteiger partial charge in [0.15, 0.2) is 0 Å². The minimum Gasteiger partial charge on any atom is -0.377 e. The van der Waals surface area contributed by atoms with Crippen molar-refractivity contribution in [2.24, 2.45) is 0 Å². The minimum absolute atomic E-state index is 0.00956. The summed E-state index contributed by atoms with van der Waals surface area (Å²) in [6, 6.07) is 6.56. The van der Waals surface area contributed by atoms with Crippen LogP contribution < -0.4 is 9.80 Å². The summed E-state index contributed by atoms with van der Waals surface area (Å²) in [7, 11) is 7.02. The normalized spacial score (nSPS) is 17.0. The molecule has 0 aromatic carbocycles. The molecule has 14 heteroatoms. The fourth-order valence-corrected chi connectivity index (χ4v) is 5.29. The van der Waals surface area contributed by atoms with Crippen LogP contribution in [0.3, 0.4) is 0 Å². The molecule has 8 nitrogen and oxygen atoms in total. The van der Waals surface area contributed by atoms with Crippen molar-refractivity contribution in [1.29, 1.82) is 0 Å². The molecule has 4 aromatic rings. The minimum atomic E-state index is -4.86. The van der Waals surface area contributed by atoms with Crippen molar-refractivity contribution in [2.75, 3.05) is 38.0 Å². The van der Waals surface area contributed by atoms with Gasteiger partial charge in [-0.2, -0.15) is 26.3 Å². The van der Waals surface area contributed by atoms with Gasteiger partial charge in [-0.15, -0.1) is 0 Å². The van der Waals surface area contributed by atoms with Gasteiger partial charge in [0.25, 0.3) is 0 Å². The molecule has 0 spiro atoms. The second-order valence-corrected chi connectivity index (χ2v) is 13.4. The Bertz CT molecular complexity index is 1650. The predicted octanol–water partition coefficient (Wildman–Crippen LogP) is 6.91. The van der Waals surface area contributed by atoms with Crippen molar-refractivity contribution in [3.05, 3.63) is 71.1 Å². The average Bonchev–Trinajstić information content (AvgIpc) is 3.58. The van der Waals surface area contributed by atoms with E-state index in [9.17, 15) is 26.3 Å². The van der Waals surface area contributed by atoms with Gasteiger partial charge in [0.1, 0.15) is 11.6 Å². The van der Waals surface area contributed by atoms with Crippen LogP contribution in [-0.2, 0) is 28.6 Å². The van der Waals surface area contributed by atoms with Crippen molar-refractivity contribution in [3.8, 4) is 11.6 Å². The monoisotopic (exact) mass is 634 g/mol. The predicted molar refractivity (Wildman–Crippen MR) is 160 cm³/mol. The fraction of sp³-hybridized carbons (Fsp3) is 0.484. The highest BCUT2D eigenvalue weighted by atomic mass is 19.4. The molecule has 1 aliphatic heterocycles. The fourth-order valence-electron chi connectivity index (χ4n) is 5.29. The molecule has 5 heterocycles. The van der Waals surface area contributed by atoms with Crippen molar-refractivity contribution in [1.82, 2.24) is 29.1 Å². The summed E-state index contributed by atoms with van der Waals surface area (Å²) in [4.78, 5) is 21.1. The Balaban J connectivity index is 1.99. The Morgan fingerprint density at radius 3 is 1.16 bits per heavy atom. The van der Waals surface area contributed by atoms with Gasteiger partial charge in [0, 0.05) is 80.3 Å². The first kappa shape index (κ1) is 32.3. The largest absolute Gasteiger partial charge is 0.450 e. The number of halogens is 6. The number of fused-ring (bicyclic) bond motifs is 10. The van der Waals surface area contributed by atoms with E-state index in [1.807, 2.05) is 0 Å². The summed E-state index contributed by atoms with van der Waals surface area (Å²) in [5.41, 5.74) is -1.68. The Kier molecular flexibility index (Phi) is 7.14. The van der Waals surface area contributed by atoms with Crippen molar-refractivity contribution < 1.29 is 26.3 Å². The lowest BCUT2D eigenvalue weighted by Gasteiger charge is -2.39. The highest BCUT2D eigenvalue weighted by Crippen LogP contribution is 2.46. The molecule has 0 saturated carbocycles. The summed E-state index contributed by atoms with van der Waals surface area (Å²) in [5, 5.41) is 0. The lowest BCUT2D eigenvalue weighted by atomic mass is 9.64. The molecule has 0 aliphatic carbocycles. The smallest absolute Gasteiger partial charge is 0.377 e. The Labute approximate surface area is 257 Å². The SMILES string of the molecule is CN(C)c1cc2nc(c1)C(C)(C)c1cc(N(C)C)cc(n1)-n1cc(nc1C(F)(F)F)C(C)(C)C(C)(C)c1cn-2c(C(F)(F)F)n1. The molecule has 0 radical (unpaired) electrons. The highest BCUT2D eigenvalue weighted by Gasteiger charge is 2.48. The van der Waals surface area contributed by atoms with Crippen LogP contribution >= 0.6 is 0 Å². The van der Waals surface area contributed by atoms with Gasteiger partial charge in [-0.05, 0) is 26.0 Å². The molecule has 0 unspecified atom stereocenters. The van der Waals surface area contributed by atoms with Crippen LogP contribution in [0.25, 0.3) is 11.6 Å². The van der Waals surface area contributed by atoms with E-state index < -0.39 is 40.2 Å². The van der Waals surface area contributed by atoms with E-state index in [-0.39, 0.29) is 23.0 Å². The third kappa shape index (κ3) is 5.21. The van der Waals surface area contributed by atoms with Crippen LogP contribution in [-0.4, -0.2) is 57.3 Å². The number of hydrogen-bond donors (Lipinski definition) is 0. The summed E-state index contributed by atoms with van der Waals surface area (Å²) in [6.45, 7) is 10.1. The maximum absolute atomic E-state index is 14.6. The van der Waals surface area contributed by atoms with E-state index in [0.29, 0.717) is 22.8 Å². The number of hydrogen-bond acceptors (Lipinski definition) is 6. The first-order valence-corrected chi connectivity index (χ1v) is 14.2. The average molecular weight is 635 g/mol. The number of anilines is 2. The van der Waals surface area contributed by atoms with E-state index in [2.05, 4.69) is 9.97 Å². The first-order valence-electron chi connectivity index (χ1n) is 14.2. The van der Waals surface area contributed by atoms with Gasteiger partial charge >= 0.3 is 12.4 Å². The van der Waals surface area contributed by atoms with E-state index in [1.54, 1.807) is 104 Å². The van der Waals surface area contributed by atoms with Gasteiger partial charge in [-0.1, -0.05) is 27.7 Å². The van der Waals surface area contributed by atoms with E-state index in [1.165, 1.54) is 12.4 Å². The first-order chi connectivity index (χ1) is 20.5. The number of pyridine rings is 2. The second-order valence-electron chi connectivity index (χ2n) is 13.4. The maximum Gasteiger partial charge on any atom is 0.450 e. The van der Waals surface area contributed by atoms with Crippen molar-refractivity contribution in [3.63, 3.8) is 0 Å². The van der Waals surface area contributed by atoms with Crippen LogP contribution in [0.4, 0.5) is 37.7 Å². The standard InChI is InChI=1S/C31H36F6N8/c1-27(2)19-11-17(42(7)8)13-23(38-19)44-15-21(40-25(44)30(32,33)34)28(3,4)29(5,6)22-16-45(26(41-22)31(35,36)37)24-14-18(43(9)10)12-20(27)39-24/h11-16H,1-10H3. The Hall–Kier alpha value is -4.10.